The SMILES string of the molecule is CCC1=NCC(CNC(=O)[C@@H]2CCCN2CC)C=C1.[HH]. The normalized spacial score (nSPS) is 27.4. The smallest absolute Gasteiger partial charge is 0.237 e. The van der Waals surface area contributed by atoms with Crippen molar-refractivity contribution in [3.8, 4) is 0 Å². The van der Waals surface area contributed by atoms with Crippen LogP contribution in [0.1, 0.15) is 34.5 Å². The Labute approximate surface area is 117 Å². The fourth-order valence-electron chi connectivity index (χ4n) is 2.81. The molecule has 0 saturated carbocycles. The third-order valence-electron chi connectivity index (χ3n) is 4.06. The highest BCUT2D eigenvalue weighted by Crippen LogP contribution is 2.16. The van der Waals surface area contributed by atoms with Crippen molar-refractivity contribution >= 4 is 11.6 Å². The molecule has 2 heterocycles. The Hall–Kier alpha value is -1.16. The average Bonchev–Trinajstić information content (AvgIpc) is 2.93. The molecule has 0 bridgehead atoms. The minimum atomic E-state index is 0. The third kappa shape index (κ3) is 3.66. The van der Waals surface area contributed by atoms with E-state index in [1.165, 1.54) is 0 Å². The molecule has 0 radical (unpaired) electrons. The Morgan fingerprint density at radius 3 is 3.05 bits per heavy atom. The highest BCUT2D eigenvalue weighted by atomic mass is 16.2. The highest BCUT2D eigenvalue weighted by molar-refractivity contribution is 5.95. The zero-order valence-electron chi connectivity index (χ0n) is 12.1. The van der Waals surface area contributed by atoms with Crippen molar-refractivity contribution < 1.29 is 6.22 Å². The monoisotopic (exact) mass is 265 g/mol. The second kappa shape index (κ2) is 6.85. The maximum absolute atomic E-state index is 12.2. The maximum atomic E-state index is 12.2. The molecule has 19 heavy (non-hydrogen) atoms. The Balaban J connectivity index is 0.00000200. The Morgan fingerprint density at radius 2 is 2.42 bits per heavy atom. The van der Waals surface area contributed by atoms with Crippen LogP contribution in [0.15, 0.2) is 17.1 Å². The number of allylic oxidation sites excluding steroid dienone is 1. The first kappa shape index (κ1) is 14.3. The molecule has 1 fully saturated rings. The number of amides is 1. The summed E-state index contributed by atoms with van der Waals surface area (Å²) in [5.74, 6) is 0.550. The van der Waals surface area contributed by atoms with E-state index in [1.807, 2.05) is 0 Å². The van der Waals surface area contributed by atoms with E-state index in [1.54, 1.807) is 0 Å². The predicted octanol–water partition coefficient (Wildman–Crippen LogP) is 1.87. The topological polar surface area (TPSA) is 44.7 Å². The van der Waals surface area contributed by atoms with Gasteiger partial charge in [0.05, 0.1) is 6.04 Å². The van der Waals surface area contributed by atoms with E-state index >= 15 is 0 Å². The van der Waals surface area contributed by atoms with Crippen LogP contribution in [0.25, 0.3) is 0 Å². The van der Waals surface area contributed by atoms with Crippen LogP contribution in [-0.2, 0) is 4.79 Å². The third-order valence-corrected chi connectivity index (χ3v) is 4.06. The van der Waals surface area contributed by atoms with Crippen molar-refractivity contribution in [2.45, 2.75) is 39.2 Å². The average molecular weight is 265 g/mol. The van der Waals surface area contributed by atoms with E-state index in [-0.39, 0.29) is 13.4 Å². The quantitative estimate of drug-likeness (QED) is 0.825. The van der Waals surface area contributed by atoms with Gasteiger partial charge in [0.25, 0.3) is 0 Å². The van der Waals surface area contributed by atoms with E-state index < -0.39 is 0 Å². The summed E-state index contributed by atoms with van der Waals surface area (Å²) in [5, 5.41) is 3.09. The fourth-order valence-corrected chi connectivity index (χ4v) is 2.81. The van der Waals surface area contributed by atoms with E-state index in [0.717, 1.165) is 44.6 Å². The summed E-state index contributed by atoms with van der Waals surface area (Å²) in [7, 11) is 0. The fraction of sp³-hybridized carbons (Fsp3) is 0.733. The van der Waals surface area contributed by atoms with Crippen LogP contribution in [0.5, 0.6) is 0 Å². The summed E-state index contributed by atoms with van der Waals surface area (Å²) < 4.78 is 0. The summed E-state index contributed by atoms with van der Waals surface area (Å²) in [6, 6.07) is 0.0901. The number of hydrogen-bond acceptors (Lipinski definition) is 3. The molecule has 0 aromatic heterocycles. The van der Waals surface area contributed by atoms with Gasteiger partial charge in [0.1, 0.15) is 0 Å². The van der Waals surface area contributed by atoms with Crippen LogP contribution in [0.2, 0.25) is 0 Å². The number of aliphatic imine (C=N–C) groups is 1. The van der Waals surface area contributed by atoms with Gasteiger partial charge >= 0.3 is 0 Å². The van der Waals surface area contributed by atoms with Gasteiger partial charge in [-0.3, -0.25) is 14.7 Å². The molecule has 0 aliphatic carbocycles. The van der Waals surface area contributed by atoms with E-state index in [2.05, 4.69) is 41.2 Å². The number of rotatable bonds is 5. The summed E-state index contributed by atoms with van der Waals surface area (Å²) in [6.07, 6.45) is 7.40. The lowest BCUT2D eigenvalue weighted by Gasteiger charge is -2.23. The number of hydrogen-bond donors (Lipinski definition) is 1. The maximum Gasteiger partial charge on any atom is 0.237 e. The summed E-state index contributed by atoms with van der Waals surface area (Å²) in [5.41, 5.74) is 1.16. The standard InChI is InChI=1S/C15H25N3O.H2/c1-3-13-8-7-12(10-16-13)11-17-15(19)14-6-5-9-18(14)4-2;/h7-8,12,14H,3-6,9-11H2,1-2H3,(H,17,19);1H/t12?,14-;/m0./s1. The number of nitrogens with zero attached hydrogens (tertiary/aromatic N) is 2. The molecule has 1 amide bonds. The van der Waals surface area contributed by atoms with E-state index in [0.29, 0.717) is 12.5 Å². The number of carbonyl (C=O) groups excluding carboxylic acids is 1. The summed E-state index contributed by atoms with van der Waals surface area (Å²) >= 11 is 0. The largest absolute Gasteiger partial charge is 0.354 e. The number of likely N-dealkylation sites (N-methyl/N-ethyl adjacent to an activating group) is 1. The van der Waals surface area contributed by atoms with Gasteiger partial charge in [-0.1, -0.05) is 19.9 Å². The van der Waals surface area contributed by atoms with Gasteiger partial charge in [-0.05, 0) is 38.4 Å². The van der Waals surface area contributed by atoms with Crippen molar-refractivity contribution in [1.29, 1.82) is 0 Å². The zero-order chi connectivity index (χ0) is 13.7. The first-order chi connectivity index (χ1) is 9.24. The van der Waals surface area contributed by atoms with Crippen LogP contribution in [0, 0.1) is 5.92 Å². The van der Waals surface area contributed by atoms with Gasteiger partial charge in [0, 0.05) is 26.1 Å². The summed E-state index contributed by atoms with van der Waals surface area (Å²) in [4.78, 5) is 18.9. The molecule has 4 heteroatoms. The Bertz CT molecular complexity index is 381. The van der Waals surface area contributed by atoms with Gasteiger partial charge in [-0.15, -0.1) is 0 Å². The van der Waals surface area contributed by atoms with Gasteiger partial charge in [0.2, 0.25) is 5.91 Å². The van der Waals surface area contributed by atoms with Gasteiger partial charge in [0.15, 0.2) is 0 Å². The van der Waals surface area contributed by atoms with Crippen molar-refractivity contribution in [3.05, 3.63) is 12.2 Å². The van der Waals surface area contributed by atoms with Gasteiger partial charge in [-0.25, -0.2) is 0 Å². The molecule has 2 atom stereocenters. The van der Waals surface area contributed by atoms with Crippen molar-refractivity contribution in [1.82, 2.24) is 10.2 Å². The molecule has 4 nitrogen and oxygen atoms in total. The molecule has 1 N–H and O–H groups in total. The molecule has 0 aromatic rings. The molecule has 2 rings (SSSR count). The Kier molecular flexibility index (Phi) is 5.14. The molecule has 108 valence electrons. The lowest BCUT2D eigenvalue weighted by Crippen LogP contribution is -2.44. The van der Waals surface area contributed by atoms with Crippen molar-refractivity contribution in [3.63, 3.8) is 0 Å². The molecule has 1 unspecified atom stereocenters. The van der Waals surface area contributed by atoms with Crippen LogP contribution >= 0.6 is 0 Å². The van der Waals surface area contributed by atoms with Gasteiger partial charge < -0.3 is 5.32 Å². The molecular formula is C15H27N3O. The first-order valence-corrected chi connectivity index (χ1v) is 7.47. The zero-order valence-corrected chi connectivity index (χ0v) is 12.1. The molecule has 2 aliphatic heterocycles. The van der Waals surface area contributed by atoms with E-state index in [4.69, 9.17) is 0 Å². The van der Waals surface area contributed by atoms with Crippen molar-refractivity contribution in [2.75, 3.05) is 26.2 Å². The van der Waals surface area contributed by atoms with Crippen LogP contribution < -0.4 is 5.32 Å². The molecular weight excluding hydrogens is 238 g/mol. The predicted molar refractivity (Wildman–Crippen MR) is 80.6 cm³/mol. The van der Waals surface area contributed by atoms with Crippen molar-refractivity contribution in [2.24, 2.45) is 10.9 Å². The number of likely N-dealkylation sites (tertiary alicyclic amines) is 1. The second-order valence-corrected chi connectivity index (χ2v) is 5.34. The van der Waals surface area contributed by atoms with E-state index in [9.17, 15) is 4.79 Å². The molecule has 2 aliphatic rings. The second-order valence-electron chi connectivity index (χ2n) is 5.34. The summed E-state index contributed by atoms with van der Waals surface area (Å²) in [6.45, 7) is 7.78. The molecule has 0 spiro atoms. The van der Waals surface area contributed by atoms with Crippen LogP contribution in [0.4, 0.5) is 0 Å². The highest BCUT2D eigenvalue weighted by Gasteiger charge is 2.29. The Morgan fingerprint density at radius 1 is 1.58 bits per heavy atom. The minimum absolute atomic E-state index is 0. The van der Waals surface area contributed by atoms with Crippen LogP contribution in [0.3, 0.4) is 0 Å². The number of nitrogens with one attached hydrogen (secondary N) is 1. The molecule has 0 aromatic carbocycles. The minimum Gasteiger partial charge on any atom is -0.354 e. The molecule has 1 saturated heterocycles. The number of dihydropyridines is 1. The number of carbonyl (C=O) groups is 1. The van der Waals surface area contributed by atoms with Crippen LogP contribution in [-0.4, -0.2) is 48.7 Å². The van der Waals surface area contributed by atoms with Gasteiger partial charge in [-0.2, -0.15) is 0 Å². The lowest BCUT2D eigenvalue weighted by molar-refractivity contribution is -0.125. The first-order valence-electron chi connectivity index (χ1n) is 7.47. The lowest BCUT2D eigenvalue weighted by atomic mass is 10.0.